The molecule has 27 heavy (non-hydrogen) atoms. The number of hydrogen-bond acceptors (Lipinski definition) is 2. The molecule has 0 atom stereocenters. The molecule has 3 aromatic rings. The molecular formula is C19H13BrF3NO2S. The number of rotatable bonds is 5. The molecule has 0 fully saturated rings. The summed E-state index contributed by atoms with van der Waals surface area (Å²) in [4.78, 5) is -0.144. The van der Waals surface area contributed by atoms with Gasteiger partial charge >= 0.3 is 0 Å². The number of anilines is 1. The molecule has 0 aliphatic rings. The van der Waals surface area contributed by atoms with Gasteiger partial charge in [0.1, 0.15) is 17.5 Å². The molecule has 0 saturated heterocycles. The van der Waals surface area contributed by atoms with Crippen molar-refractivity contribution in [2.24, 2.45) is 0 Å². The first-order valence-electron chi connectivity index (χ1n) is 7.75. The van der Waals surface area contributed by atoms with E-state index in [1.807, 2.05) is 0 Å². The molecule has 0 saturated carbocycles. The highest BCUT2D eigenvalue weighted by Crippen LogP contribution is 2.28. The van der Waals surface area contributed by atoms with Crippen LogP contribution < -0.4 is 4.31 Å². The van der Waals surface area contributed by atoms with E-state index in [2.05, 4.69) is 15.9 Å². The summed E-state index contributed by atoms with van der Waals surface area (Å²) in [7, 11) is -4.12. The predicted molar refractivity (Wildman–Crippen MR) is 100 cm³/mol. The largest absolute Gasteiger partial charge is 0.264 e. The molecule has 0 unspecified atom stereocenters. The summed E-state index contributed by atoms with van der Waals surface area (Å²) >= 11 is 3.27. The minimum absolute atomic E-state index is 0.00463. The first-order valence-corrected chi connectivity index (χ1v) is 9.98. The van der Waals surface area contributed by atoms with Crippen molar-refractivity contribution in [1.82, 2.24) is 0 Å². The van der Waals surface area contributed by atoms with E-state index in [0.29, 0.717) is 6.07 Å². The van der Waals surface area contributed by atoms with Crippen LogP contribution in [0.4, 0.5) is 18.9 Å². The molecule has 0 spiro atoms. The van der Waals surface area contributed by atoms with Gasteiger partial charge in [0.05, 0.1) is 17.1 Å². The zero-order chi connectivity index (χ0) is 19.6. The average Bonchev–Trinajstić information content (AvgIpc) is 2.62. The summed E-state index contributed by atoms with van der Waals surface area (Å²) in [5, 5.41) is 0. The van der Waals surface area contributed by atoms with Crippen LogP contribution in [0.15, 0.2) is 76.1 Å². The molecule has 0 bridgehead atoms. The first-order chi connectivity index (χ1) is 12.8. The van der Waals surface area contributed by atoms with Gasteiger partial charge in [-0.3, -0.25) is 4.31 Å². The lowest BCUT2D eigenvalue weighted by molar-refractivity contribution is 0.569. The molecule has 0 aliphatic heterocycles. The molecular weight excluding hydrogens is 443 g/mol. The van der Waals surface area contributed by atoms with Gasteiger partial charge in [0, 0.05) is 16.1 Å². The molecule has 3 aromatic carbocycles. The maximum Gasteiger partial charge on any atom is 0.264 e. The van der Waals surface area contributed by atoms with E-state index in [1.165, 1.54) is 6.07 Å². The molecule has 8 heteroatoms. The standard InChI is InChI=1S/C19H13BrF3NO2S/c20-14-2-7-17(8-3-14)24(12-13-1-4-16(22)11-19(13)23)27(25,26)18-9-5-15(21)6-10-18/h1-11H,12H2. The molecule has 0 aliphatic carbocycles. The Morgan fingerprint density at radius 1 is 0.815 bits per heavy atom. The molecule has 3 rings (SSSR count). The minimum atomic E-state index is -4.12. The van der Waals surface area contributed by atoms with Gasteiger partial charge in [-0.2, -0.15) is 0 Å². The van der Waals surface area contributed by atoms with Crippen LogP contribution in [-0.4, -0.2) is 8.42 Å². The Morgan fingerprint density at radius 3 is 2.00 bits per heavy atom. The number of halogens is 4. The summed E-state index contributed by atoms with van der Waals surface area (Å²) in [6.45, 7) is -0.354. The third kappa shape index (κ3) is 4.33. The number of benzene rings is 3. The van der Waals surface area contributed by atoms with Crippen LogP contribution in [0.25, 0.3) is 0 Å². The molecule has 0 amide bonds. The topological polar surface area (TPSA) is 37.4 Å². The van der Waals surface area contributed by atoms with Crippen LogP contribution >= 0.6 is 15.9 Å². The van der Waals surface area contributed by atoms with Gasteiger partial charge in [-0.05, 0) is 54.6 Å². The molecule has 140 valence electrons. The average molecular weight is 456 g/mol. The van der Waals surface area contributed by atoms with E-state index in [4.69, 9.17) is 0 Å². The quantitative estimate of drug-likeness (QED) is 0.525. The smallest absolute Gasteiger partial charge is 0.262 e. The van der Waals surface area contributed by atoms with Crippen molar-refractivity contribution in [3.05, 3.63) is 94.2 Å². The maximum absolute atomic E-state index is 14.1. The van der Waals surface area contributed by atoms with E-state index in [0.717, 1.165) is 39.1 Å². The van der Waals surface area contributed by atoms with E-state index in [1.54, 1.807) is 24.3 Å². The lowest BCUT2D eigenvalue weighted by Crippen LogP contribution is -2.31. The van der Waals surface area contributed by atoms with Crippen molar-refractivity contribution < 1.29 is 21.6 Å². The van der Waals surface area contributed by atoms with Gasteiger partial charge in [-0.1, -0.05) is 22.0 Å². The van der Waals surface area contributed by atoms with Crippen LogP contribution in [0.1, 0.15) is 5.56 Å². The molecule has 0 aromatic heterocycles. The fourth-order valence-corrected chi connectivity index (χ4v) is 4.17. The summed E-state index contributed by atoms with van der Waals surface area (Å²) in [6, 6.07) is 13.7. The van der Waals surface area contributed by atoms with Crippen molar-refractivity contribution in [2.45, 2.75) is 11.4 Å². The number of hydrogen-bond donors (Lipinski definition) is 0. The Morgan fingerprint density at radius 2 is 1.41 bits per heavy atom. The van der Waals surface area contributed by atoms with Crippen molar-refractivity contribution >= 4 is 31.6 Å². The Hall–Kier alpha value is -2.32. The minimum Gasteiger partial charge on any atom is -0.262 e. The molecule has 0 N–H and O–H groups in total. The van der Waals surface area contributed by atoms with Gasteiger partial charge in [0.25, 0.3) is 10.0 Å². The summed E-state index contributed by atoms with van der Waals surface area (Å²) in [5.74, 6) is -2.19. The Labute approximate surface area is 163 Å². The second-order valence-electron chi connectivity index (χ2n) is 5.68. The van der Waals surface area contributed by atoms with Gasteiger partial charge in [0.2, 0.25) is 0 Å². The zero-order valence-corrected chi connectivity index (χ0v) is 16.1. The fraction of sp³-hybridized carbons (Fsp3) is 0.0526. The Balaban J connectivity index is 2.09. The second-order valence-corrected chi connectivity index (χ2v) is 8.46. The molecule has 0 heterocycles. The Bertz CT molecular complexity index is 1060. The van der Waals surface area contributed by atoms with Gasteiger partial charge in [-0.25, -0.2) is 21.6 Å². The van der Waals surface area contributed by atoms with Gasteiger partial charge in [-0.15, -0.1) is 0 Å². The van der Waals surface area contributed by atoms with Crippen molar-refractivity contribution in [3.8, 4) is 0 Å². The lowest BCUT2D eigenvalue weighted by atomic mass is 10.2. The molecule has 3 nitrogen and oxygen atoms in total. The fourth-order valence-electron chi connectivity index (χ4n) is 2.46. The first kappa shape index (κ1) is 19.4. The third-order valence-corrected chi connectivity index (χ3v) is 6.16. The SMILES string of the molecule is O=S(=O)(c1ccc(F)cc1)N(Cc1ccc(F)cc1F)c1ccc(Br)cc1. The van der Waals surface area contributed by atoms with E-state index in [9.17, 15) is 21.6 Å². The van der Waals surface area contributed by atoms with Crippen molar-refractivity contribution in [2.75, 3.05) is 4.31 Å². The third-order valence-electron chi connectivity index (χ3n) is 3.85. The van der Waals surface area contributed by atoms with E-state index < -0.39 is 27.5 Å². The lowest BCUT2D eigenvalue weighted by Gasteiger charge is -2.25. The van der Waals surface area contributed by atoms with Crippen LogP contribution in [0.3, 0.4) is 0 Å². The van der Waals surface area contributed by atoms with Crippen LogP contribution in [0.2, 0.25) is 0 Å². The van der Waals surface area contributed by atoms with Crippen molar-refractivity contribution in [3.63, 3.8) is 0 Å². The highest BCUT2D eigenvalue weighted by molar-refractivity contribution is 9.10. The van der Waals surface area contributed by atoms with E-state index in [-0.39, 0.29) is 22.7 Å². The van der Waals surface area contributed by atoms with Crippen molar-refractivity contribution in [1.29, 1.82) is 0 Å². The van der Waals surface area contributed by atoms with E-state index >= 15 is 0 Å². The highest BCUT2D eigenvalue weighted by Gasteiger charge is 2.26. The van der Waals surface area contributed by atoms with Crippen LogP contribution in [0, 0.1) is 17.5 Å². The van der Waals surface area contributed by atoms with Gasteiger partial charge in [0.15, 0.2) is 0 Å². The second kappa shape index (κ2) is 7.74. The number of nitrogens with zero attached hydrogens (tertiary/aromatic N) is 1. The number of sulfonamides is 1. The molecule has 0 radical (unpaired) electrons. The Kier molecular flexibility index (Phi) is 5.57. The van der Waals surface area contributed by atoms with Gasteiger partial charge < -0.3 is 0 Å². The zero-order valence-electron chi connectivity index (χ0n) is 13.7. The monoisotopic (exact) mass is 455 g/mol. The highest BCUT2D eigenvalue weighted by atomic mass is 79.9. The summed E-state index contributed by atoms with van der Waals surface area (Å²) in [6.07, 6.45) is 0. The summed E-state index contributed by atoms with van der Waals surface area (Å²) < 4.78 is 68.4. The van der Waals surface area contributed by atoms with Crippen LogP contribution in [-0.2, 0) is 16.6 Å². The normalized spacial score (nSPS) is 11.4. The van der Waals surface area contributed by atoms with Crippen LogP contribution in [0.5, 0.6) is 0 Å². The predicted octanol–water partition coefficient (Wildman–Crippen LogP) is 5.26. The maximum atomic E-state index is 14.1. The summed E-state index contributed by atoms with van der Waals surface area (Å²) in [5.41, 5.74) is 0.288.